The monoisotopic (exact) mass is 260 g/mol. The molecule has 1 saturated heterocycles. The Bertz CT molecular complexity index is 467. The van der Waals surface area contributed by atoms with Gasteiger partial charge in [0.1, 0.15) is 0 Å². The normalized spacial score (nSPS) is 22.2. The van der Waals surface area contributed by atoms with Crippen LogP contribution in [0.15, 0.2) is 18.2 Å². The third-order valence-corrected chi connectivity index (χ3v) is 3.84. The molecule has 19 heavy (non-hydrogen) atoms. The van der Waals surface area contributed by atoms with Gasteiger partial charge in [0.2, 0.25) is 5.91 Å². The van der Waals surface area contributed by atoms with Crippen LogP contribution in [0.2, 0.25) is 0 Å². The lowest BCUT2D eigenvalue weighted by Gasteiger charge is -2.22. The molecule has 2 heterocycles. The molecule has 1 amide bonds. The number of amides is 1. The minimum atomic E-state index is 0.00269. The number of carbonyl (C=O) groups is 1. The summed E-state index contributed by atoms with van der Waals surface area (Å²) < 4.78 is 5.36. The molecule has 4 heteroatoms. The van der Waals surface area contributed by atoms with Crippen LogP contribution in [0.5, 0.6) is 0 Å². The highest BCUT2D eigenvalue weighted by Crippen LogP contribution is 2.25. The average molecular weight is 260 g/mol. The SMILES string of the molecule is O=C(Nc1ccc2c(c1)CCCN2)C1CCCOC1. The maximum Gasteiger partial charge on any atom is 0.229 e. The van der Waals surface area contributed by atoms with Gasteiger partial charge in [-0.15, -0.1) is 0 Å². The lowest BCUT2D eigenvalue weighted by molar-refractivity contribution is -0.123. The standard InChI is InChI=1S/C15H20N2O2/c18-15(12-4-2-8-19-10-12)17-13-5-6-14-11(9-13)3-1-7-16-14/h5-6,9,12,16H,1-4,7-8,10H2,(H,17,18). The molecule has 102 valence electrons. The molecule has 1 aromatic rings. The first kappa shape index (κ1) is 12.5. The first-order valence-electron chi connectivity index (χ1n) is 7.08. The first-order chi connectivity index (χ1) is 9.33. The van der Waals surface area contributed by atoms with Crippen molar-refractivity contribution in [3.63, 3.8) is 0 Å². The summed E-state index contributed by atoms with van der Waals surface area (Å²) in [5.41, 5.74) is 3.40. The van der Waals surface area contributed by atoms with Crippen LogP contribution in [0, 0.1) is 5.92 Å². The molecular formula is C15H20N2O2. The third kappa shape index (κ3) is 2.89. The van der Waals surface area contributed by atoms with Crippen molar-refractivity contribution in [3.05, 3.63) is 23.8 Å². The Morgan fingerprint density at radius 2 is 2.32 bits per heavy atom. The number of ether oxygens (including phenoxy) is 1. The number of rotatable bonds is 2. The second-order valence-electron chi connectivity index (χ2n) is 5.31. The van der Waals surface area contributed by atoms with E-state index in [1.54, 1.807) is 0 Å². The Kier molecular flexibility index (Phi) is 3.69. The average Bonchev–Trinajstić information content (AvgIpc) is 2.48. The number of benzene rings is 1. The highest BCUT2D eigenvalue weighted by atomic mass is 16.5. The molecule has 1 aromatic carbocycles. The van der Waals surface area contributed by atoms with Gasteiger partial charge in [0.05, 0.1) is 12.5 Å². The molecule has 0 saturated carbocycles. The van der Waals surface area contributed by atoms with E-state index in [9.17, 15) is 4.79 Å². The van der Waals surface area contributed by atoms with Crippen molar-refractivity contribution in [1.29, 1.82) is 0 Å². The van der Waals surface area contributed by atoms with Gasteiger partial charge < -0.3 is 15.4 Å². The number of hydrogen-bond acceptors (Lipinski definition) is 3. The number of fused-ring (bicyclic) bond motifs is 1. The van der Waals surface area contributed by atoms with E-state index in [0.29, 0.717) is 6.61 Å². The van der Waals surface area contributed by atoms with Crippen molar-refractivity contribution in [2.75, 3.05) is 30.4 Å². The first-order valence-corrected chi connectivity index (χ1v) is 7.08. The zero-order chi connectivity index (χ0) is 13.1. The second-order valence-corrected chi connectivity index (χ2v) is 5.31. The Morgan fingerprint density at radius 1 is 1.37 bits per heavy atom. The predicted molar refractivity (Wildman–Crippen MR) is 75.4 cm³/mol. The van der Waals surface area contributed by atoms with E-state index < -0.39 is 0 Å². The maximum absolute atomic E-state index is 12.1. The van der Waals surface area contributed by atoms with Crippen molar-refractivity contribution in [1.82, 2.24) is 0 Å². The van der Waals surface area contributed by atoms with Crippen LogP contribution in [-0.4, -0.2) is 25.7 Å². The van der Waals surface area contributed by atoms with Crippen LogP contribution in [0.1, 0.15) is 24.8 Å². The number of hydrogen-bond donors (Lipinski definition) is 2. The number of aryl methyl sites for hydroxylation is 1. The third-order valence-electron chi connectivity index (χ3n) is 3.84. The number of anilines is 2. The summed E-state index contributed by atoms with van der Waals surface area (Å²) in [6.45, 7) is 2.38. The second kappa shape index (κ2) is 5.61. The van der Waals surface area contributed by atoms with Crippen molar-refractivity contribution in [2.24, 2.45) is 5.92 Å². The summed E-state index contributed by atoms with van der Waals surface area (Å²) in [5.74, 6) is 0.0892. The number of nitrogens with one attached hydrogen (secondary N) is 2. The lowest BCUT2D eigenvalue weighted by atomic mass is 10.0. The van der Waals surface area contributed by atoms with Crippen LogP contribution < -0.4 is 10.6 Å². The fourth-order valence-corrected chi connectivity index (χ4v) is 2.74. The molecule has 1 fully saturated rings. The van der Waals surface area contributed by atoms with Crippen LogP contribution in [-0.2, 0) is 16.0 Å². The Morgan fingerprint density at radius 3 is 3.16 bits per heavy atom. The molecule has 3 rings (SSSR count). The largest absolute Gasteiger partial charge is 0.385 e. The molecule has 4 nitrogen and oxygen atoms in total. The van der Waals surface area contributed by atoms with Gasteiger partial charge in [-0.05, 0) is 49.4 Å². The zero-order valence-electron chi connectivity index (χ0n) is 11.1. The van der Waals surface area contributed by atoms with Crippen LogP contribution in [0.25, 0.3) is 0 Å². The van der Waals surface area contributed by atoms with E-state index >= 15 is 0 Å². The topological polar surface area (TPSA) is 50.4 Å². The summed E-state index contributed by atoms with van der Waals surface area (Å²) in [4.78, 5) is 12.1. The summed E-state index contributed by atoms with van der Waals surface area (Å²) in [5, 5.41) is 6.39. The molecule has 0 aromatic heterocycles. The predicted octanol–water partition coefficient (Wildman–Crippen LogP) is 2.41. The van der Waals surface area contributed by atoms with E-state index in [4.69, 9.17) is 4.74 Å². The molecule has 1 atom stereocenters. The number of carbonyl (C=O) groups excluding carboxylic acids is 1. The van der Waals surface area contributed by atoms with E-state index in [1.807, 2.05) is 6.07 Å². The fraction of sp³-hybridized carbons (Fsp3) is 0.533. The Hall–Kier alpha value is -1.55. The highest BCUT2D eigenvalue weighted by molar-refractivity contribution is 5.93. The van der Waals surface area contributed by atoms with Crippen molar-refractivity contribution < 1.29 is 9.53 Å². The molecule has 0 aliphatic carbocycles. The quantitative estimate of drug-likeness (QED) is 0.858. The molecule has 0 bridgehead atoms. The van der Waals surface area contributed by atoms with Gasteiger partial charge in [0.25, 0.3) is 0 Å². The van der Waals surface area contributed by atoms with E-state index in [2.05, 4.69) is 22.8 Å². The molecule has 0 spiro atoms. The van der Waals surface area contributed by atoms with E-state index in [0.717, 1.165) is 44.5 Å². The maximum atomic E-state index is 12.1. The van der Waals surface area contributed by atoms with Gasteiger partial charge in [0.15, 0.2) is 0 Å². The summed E-state index contributed by atoms with van der Waals surface area (Å²) in [6.07, 6.45) is 4.14. The van der Waals surface area contributed by atoms with Gasteiger partial charge in [-0.2, -0.15) is 0 Å². The Labute approximate surface area is 113 Å². The lowest BCUT2D eigenvalue weighted by Crippen LogP contribution is -2.30. The molecule has 0 radical (unpaired) electrons. The molecule has 1 unspecified atom stereocenters. The minimum Gasteiger partial charge on any atom is -0.385 e. The van der Waals surface area contributed by atoms with Crippen LogP contribution in [0.4, 0.5) is 11.4 Å². The van der Waals surface area contributed by atoms with Crippen molar-refractivity contribution in [2.45, 2.75) is 25.7 Å². The molecule has 2 aliphatic heterocycles. The summed E-state index contributed by atoms with van der Waals surface area (Å²) in [7, 11) is 0. The van der Waals surface area contributed by atoms with E-state index in [-0.39, 0.29) is 11.8 Å². The summed E-state index contributed by atoms with van der Waals surface area (Å²) in [6, 6.07) is 6.11. The van der Waals surface area contributed by atoms with Gasteiger partial charge in [-0.25, -0.2) is 0 Å². The fourth-order valence-electron chi connectivity index (χ4n) is 2.74. The minimum absolute atomic E-state index is 0.00269. The highest BCUT2D eigenvalue weighted by Gasteiger charge is 2.22. The molecule has 2 N–H and O–H groups in total. The smallest absolute Gasteiger partial charge is 0.229 e. The molecule has 2 aliphatic rings. The van der Waals surface area contributed by atoms with Gasteiger partial charge in [-0.3, -0.25) is 4.79 Å². The van der Waals surface area contributed by atoms with Crippen LogP contribution >= 0.6 is 0 Å². The van der Waals surface area contributed by atoms with E-state index in [1.165, 1.54) is 11.3 Å². The van der Waals surface area contributed by atoms with Gasteiger partial charge in [0, 0.05) is 24.5 Å². The van der Waals surface area contributed by atoms with Crippen molar-refractivity contribution in [3.8, 4) is 0 Å². The van der Waals surface area contributed by atoms with Crippen LogP contribution in [0.3, 0.4) is 0 Å². The van der Waals surface area contributed by atoms with Gasteiger partial charge in [-0.1, -0.05) is 0 Å². The zero-order valence-corrected chi connectivity index (χ0v) is 11.1. The molecular weight excluding hydrogens is 240 g/mol. The summed E-state index contributed by atoms with van der Waals surface area (Å²) >= 11 is 0. The Balaban J connectivity index is 1.67. The van der Waals surface area contributed by atoms with Crippen molar-refractivity contribution >= 4 is 17.3 Å². The van der Waals surface area contributed by atoms with Gasteiger partial charge >= 0.3 is 0 Å².